The second-order valence-electron chi connectivity index (χ2n) is 30.1. The Morgan fingerprint density at radius 3 is 1.59 bits per heavy atom. The molecule has 10 aromatic rings. The third-order valence-corrected chi connectivity index (χ3v) is 23.3. The number of aromatic nitrogens is 1. The van der Waals surface area contributed by atoms with Crippen LogP contribution in [-0.2, 0) is 48.1 Å². The molecule has 9 aromatic carbocycles. The van der Waals surface area contributed by atoms with E-state index < -0.39 is 26.2 Å². The smallest absolute Gasteiger partial charge is 0.135 e. The predicted molar refractivity (Wildman–Crippen MR) is 379 cm³/mol. The number of nitrogens with zero attached hydrogens (tertiary/aromatic N) is 4. The number of para-hydroxylation sites is 4. The van der Waals surface area contributed by atoms with Gasteiger partial charge in [0.05, 0.1) is 6.85 Å². The molecule has 3 aliphatic rings. The summed E-state index contributed by atoms with van der Waals surface area (Å²) in [7, 11) is -3.20. The van der Waals surface area contributed by atoms with E-state index in [1.54, 1.807) is 0 Å². The summed E-state index contributed by atoms with van der Waals surface area (Å²) in [5.41, 5.74) is 16.4. The molecule has 5 nitrogen and oxygen atoms in total. The molecule has 1 aromatic heterocycles. The zero-order valence-electron chi connectivity index (χ0n) is 60.3. The van der Waals surface area contributed by atoms with Crippen molar-refractivity contribution < 1.29 is 32.7 Å². The Hall–Kier alpha value is -7.76. The summed E-state index contributed by atoms with van der Waals surface area (Å²) in [6.45, 7) is 40.4. The molecule has 0 amide bonds. The molecular weight excluding hydrogens is 1290 g/mol. The number of hydrogen-bond acceptors (Lipinski definition) is 5. The maximum atomic E-state index is 9.43. The first-order chi connectivity index (χ1) is 44.2. The number of pyridine rings is 1. The minimum atomic E-state index is -3.20. The van der Waals surface area contributed by atoms with Crippen LogP contribution >= 0.6 is 0 Å². The Bertz CT molecular complexity index is 4610. The Kier molecular flexibility index (Phi) is 14.1. The maximum Gasteiger partial charge on any atom is 0.135 e. The van der Waals surface area contributed by atoms with E-state index >= 15 is 0 Å². The van der Waals surface area contributed by atoms with Crippen molar-refractivity contribution in [2.24, 2.45) is 0 Å². The normalized spacial score (nSPS) is 15.0. The van der Waals surface area contributed by atoms with Crippen molar-refractivity contribution in [1.82, 2.24) is 4.98 Å². The van der Waals surface area contributed by atoms with Crippen LogP contribution in [0.5, 0.6) is 11.5 Å². The molecule has 0 radical (unpaired) electrons. The minimum absolute atomic E-state index is 0. The van der Waals surface area contributed by atoms with Crippen LogP contribution in [0.2, 0.25) is 0 Å². The van der Waals surface area contributed by atoms with Gasteiger partial charge in [-0.1, -0.05) is 257 Å². The molecule has 0 unspecified atom stereocenters. The fourth-order valence-corrected chi connectivity index (χ4v) is 18.8. The molecule has 0 saturated heterocycles. The van der Waals surface area contributed by atoms with Crippen molar-refractivity contribution in [2.45, 2.75) is 151 Å². The molecule has 13 rings (SSSR count). The molecule has 0 atom stereocenters. The van der Waals surface area contributed by atoms with E-state index in [1.165, 1.54) is 48.6 Å². The van der Waals surface area contributed by atoms with Crippen LogP contribution in [0.3, 0.4) is 0 Å². The summed E-state index contributed by atoms with van der Waals surface area (Å²) >= 11 is 0. The van der Waals surface area contributed by atoms with E-state index in [-0.39, 0.29) is 71.7 Å². The molecule has 3 aliphatic heterocycles. The van der Waals surface area contributed by atoms with Gasteiger partial charge in [-0.2, -0.15) is 6.07 Å². The number of benzene rings is 9. The van der Waals surface area contributed by atoms with Gasteiger partial charge in [-0.05, 0) is 129 Å². The van der Waals surface area contributed by atoms with Crippen LogP contribution in [0.4, 0.5) is 39.9 Å². The molecule has 7 heteroatoms. The first-order valence-electron chi connectivity index (χ1n) is 34.0. The van der Waals surface area contributed by atoms with Crippen molar-refractivity contribution in [1.29, 1.82) is 0 Å². The van der Waals surface area contributed by atoms with Gasteiger partial charge in [-0.3, -0.25) is 0 Å². The average Bonchev–Trinajstić information content (AvgIpc) is 1.57. The third kappa shape index (κ3) is 10.9. The molecule has 90 heavy (non-hydrogen) atoms. The van der Waals surface area contributed by atoms with Crippen molar-refractivity contribution in [3.05, 3.63) is 246 Å². The summed E-state index contributed by atoms with van der Waals surface area (Å²) in [5, 5.41) is 5.27. The maximum absolute atomic E-state index is 9.43. The summed E-state index contributed by atoms with van der Waals surface area (Å²) in [6, 6.07) is 63.6. The molecule has 4 heterocycles. The van der Waals surface area contributed by atoms with Crippen LogP contribution in [0.1, 0.15) is 164 Å². The zero-order chi connectivity index (χ0) is 67.3. The number of hydrogen-bond donors (Lipinski definition) is 0. The van der Waals surface area contributed by atoms with Crippen LogP contribution < -0.4 is 40.2 Å². The molecule has 0 saturated carbocycles. The quantitative estimate of drug-likeness (QED) is 0.112. The van der Waals surface area contributed by atoms with Gasteiger partial charge >= 0.3 is 0 Å². The molecule has 0 fully saturated rings. The predicted octanol–water partition coefficient (Wildman–Crippen LogP) is 20.0. The summed E-state index contributed by atoms with van der Waals surface area (Å²) in [5.74, 6) is 1.93. The zero-order valence-corrected chi connectivity index (χ0v) is 58.5. The SMILES string of the molecule is [2H]c1c([2H])c([2H])c(-c2cccc(-c3cc(C(C)(C)C)cc(C(C)(C)C)c3)c2N2[CH-]N(c3[c-]c(Oc4[c-]c5c(cc4)[Si]4(c6cc(C(C)(C)C)ccc6-c6ccc(C(C)(C)C)cc64)c4ccccc4N5c4cc(C(C)(C)C)ccn4)cc(C(C)C)c3)c3ccccc32)c([2H])c1[2H].[Pt]. The first-order valence-corrected chi connectivity index (χ1v) is 33.5. The van der Waals surface area contributed by atoms with Gasteiger partial charge in [0, 0.05) is 72.6 Å². The van der Waals surface area contributed by atoms with E-state index in [4.69, 9.17) is 13.8 Å². The van der Waals surface area contributed by atoms with Gasteiger partial charge < -0.3 is 19.4 Å². The first kappa shape index (κ1) is 56.2. The van der Waals surface area contributed by atoms with Crippen molar-refractivity contribution >= 4 is 68.8 Å². The number of fused-ring (bicyclic) bond motifs is 10. The van der Waals surface area contributed by atoms with Crippen LogP contribution in [-0.4, -0.2) is 13.1 Å². The van der Waals surface area contributed by atoms with Crippen molar-refractivity contribution in [2.75, 3.05) is 14.7 Å². The third-order valence-electron chi connectivity index (χ3n) is 18.4. The second kappa shape index (κ2) is 22.6. The standard InChI is InChI=1S/C83H85N4OSi.Pt/c1-53(2)55-44-62(85-52-86(70-31-22-21-30-69(70)85)78-65(54-26-19-18-20-27-54)28-25-29-66(78)56-42-60(82(12,13)14)46-61(43-56)83(15,16)17)50-64(45-55)88-63-36-39-74-72(51-63)87(77-49-59(40-41-84-77)81(9,10)11)71-32-23-24-33-73(71)89(74)75-47-57(79(3,4)5)34-37-67(75)68-38-35-58(48-76(68)89)80(6,7)8;/h18-49,52-53H,1-17H3;/q-3;/i18D,19D,20D,26D,27D;. The van der Waals surface area contributed by atoms with Gasteiger partial charge in [-0.25, -0.2) is 4.98 Å². The summed E-state index contributed by atoms with van der Waals surface area (Å²) in [6.07, 6.45) is 1.94. The minimum Gasteiger partial charge on any atom is -0.509 e. The molecule has 0 N–H and O–H groups in total. The van der Waals surface area contributed by atoms with Gasteiger partial charge in [0.2, 0.25) is 0 Å². The van der Waals surface area contributed by atoms with Gasteiger partial charge in [0.25, 0.3) is 0 Å². The van der Waals surface area contributed by atoms with Gasteiger partial charge in [-0.15, -0.1) is 53.4 Å². The van der Waals surface area contributed by atoms with E-state index in [9.17, 15) is 2.74 Å². The Morgan fingerprint density at radius 1 is 0.467 bits per heavy atom. The monoisotopic (exact) mass is 1380 g/mol. The molecule has 460 valence electrons. The van der Waals surface area contributed by atoms with Crippen molar-refractivity contribution in [3.63, 3.8) is 0 Å². The largest absolute Gasteiger partial charge is 0.509 e. The van der Waals surface area contributed by atoms with E-state index in [2.05, 4.69) is 285 Å². The summed E-state index contributed by atoms with van der Waals surface area (Å²) in [4.78, 5) is 11.8. The van der Waals surface area contributed by atoms with Crippen molar-refractivity contribution in [3.8, 4) is 44.9 Å². The fraction of sp³-hybridized carbons (Fsp3) is 0.277. The van der Waals surface area contributed by atoms with Gasteiger partial charge in [0.15, 0.2) is 0 Å². The Morgan fingerprint density at radius 2 is 1.01 bits per heavy atom. The second-order valence-corrected chi connectivity index (χ2v) is 33.8. The van der Waals surface area contributed by atoms with Gasteiger partial charge in [0.1, 0.15) is 13.9 Å². The number of anilines is 7. The Labute approximate surface area is 559 Å². The van der Waals surface area contributed by atoms with Crippen LogP contribution in [0.25, 0.3) is 33.4 Å². The van der Waals surface area contributed by atoms with E-state index in [0.29, 0.717) is 22.7 Å². The Balaban J connectivity index is 0.00000864. The van der Waals surface area contributed by atoms with Crippen LogP contribution in [0.15, 0.2) is 194 Å². The van der Waals surface area contributed by atoms with E-state index in [1.807, 2.05) is 30.5 Å². The molecular formula is C83H85N4OPtSi-3. The fourth-order valence-electron chi connectivity index (χ4n) is 13.3. The average molecular weight is 1380 g/mol. The number of ether oxygens (including phenoxy) is 1. The number of rotatable bonds is 8. The van der Waals surface area contributed by atoms with Crippen LogP contribution in [0, 0.1) is 18.8 Å². The topological polar surface area (TPSA) is 31.8 Å². The van der Waals surface area contributed by atoms with E-state index in [0.717, 1.165) is 62.1 Å². The molecule has 0 bridgehead atoms. The molecule has 1 spiro atoms. The molecule has 0 aliphatic carbocycles. The summed E-state index contributed by atoms with van der Waals surface area (Å²) < 4.78 is 52.7.